The highest BCUT2D eigenvalue weighted by Crippen LogP contribution is 2.70. The molecule has 0 radical (unpaired) electrons. The molecule has 0 amide bonds. The Hall–Kier alpha value is -0.500. The zero-order valence-corrected chi connectivity index (χ0v) is 9.77. The lowest BCUT2D eigenvalue weighted by atomic mass is 9.91. The standard InChI is InChI=1S/C14H21NO/c15-14(10-2-1-5-16-7-10)13-11-8-3-4-9(6-8)12(11)13/h7-9,11-14H,1-6,15H2. The fourth-order valence-electron chi connectivity index (χ4n) is 4.95. The second kappa shape index (κ2) is 3.25. The van der Waals surface area contributed by atoms with Gasteiger partial charge in [0.05, 0.1) is 12.9 Å². The molecule has 16 heavy (non-hydrogen) atoms. The number of ether oxygens (including phenoxy) is 1. The van der Waals surface area contributed by atoms with Gasteiger partial charge in [0.1, 0.15) is 0 Å². The van der Waals surface area contributed by atoms with Gasteiger partial charge in [0, 0.05) is 6.04 Å². The summed E-state index contributed by atoms with van der Waals surface area (Å²) in [5.74, 6) is 4.89. The van der Waals surface area contributed by atoms with Crippen LogP contribution in [0.2, 0.25) is 0 Å². The molecule has 2 nitrogen and oxygen atoms in total. The van der Waals surface area contributed by atoms with Gasteiger partial charge in [-0.3, -0.25) is 0 Å². The van der Waals surface area contributed by atoms with Crippen molar-refractivity contribution in [3.05, 3.63) is 11.8 Å². The van der Waals surface area contributed by atoms with E-state index < -0.39 is 0 Å². The zero-order valence-electron chi connectivity index (χ0n) is 9.77. The van der Waals surface area contributed by atoms with E-state index in [0.717, 1.165) is 42.6 Å². The highest BCUT2D eigenvalue weighted by Gasteiger charge is 2.66. The summed E-state index contributed by atoms with van der Waals surface area (Å²) in [5, 5.41) is 0. The summed E-state index contributed by atoms with van der Waals surface area (Å²) in [6, 6.07) is 0.318. The Balaban J connectivity index is 1.50. The van der Waals surface area contributed by atoms with Crippen molar-refractivity contribution in [2.45, 2.75) is 38.1 Å². The van der Waals surface area contributed by atoms with Gasteiger partial charge in [-0.1, -0.05) is 0 Å². The predicted octanol–water partition coefficient (Wildman–Crippen LogP) is 2.30. The van der Waals surface area contributed by atoms with E-state index in [1.807, 2.05) is 6.26 Å². The molecule has 2 heteroatoms. The van der Waals surface area contributed by atoms with Crippen LogP contribution in [0.3, 0.4) is 0 Å². The largest absolute Gasteiger partial charge is 0.501 e. The summed E-state index contributed by atoms with van der Waals surface area (Å²) in [7, 11) is 0. The predicted molar refractivity (Wildman–Crippen MR) is 62.5 cm³/mol. The average molecular weight is 219 g/mol. The van der Waals surface area contributed by atoms with E-state index in [1.165, 1.54) is 31.3 Å². The topological polar surface area (TPSA) is 35.2 Å². The van der Waals surface area contributed by atoms with Crippen LogP contribution in [0.15, 0.2) is 11.8 Å². The Bertz CT molecular complexity index is 322. The Kier molecular flexibility index (Phi) is 1.94. The number of nitrogens with two attached hydrogens (primary N) is 1. The molecular formula is C14H21NO. The van der Waals surface area contributed by atoms with Gasteiger partial charge in [-0.25, -0.2) is 0 Å². The first-order chi connectivity index (χ1) is 7.86. The summed E-state index contributed by atoms with van der Waals surface area (Å²) in [4.78, 5) is 0. The maximum Gasteiger partial charge on any atom is 0.0876 e. The maximum atomic E-state index is 6.45. The third-order valence-corrected chi connectivity index (χ3v) is 5.60. The molecule has 2 N–H and O–H groups in total. The monoisotopic (exact) mass is 219 g/mol. The van der Waals surface area contributed by atoms with E-state index in [2.05, 4.69) is 0 Å². The number of hydrogen-bond acceptors (Lipinski definition) is 2. The molecule has 0 aromatic rings. The molecule has 5 unspecified atom stereocenters. The van der Waals surface area contributed by atoms with Gasteiger partial charge < -0.3 is 10.5 Å². The van der Waals surface area contributed by atoms with Crippen LogP contribution < -0.4 is 5.73 Å². The maximum absolute atomic E-state index is 6.45. The number of rotatable bonds is 2. The number of hydrogen-bond donors (Lipinski definition) is 1. The number of fused-ring (bicyclic) bond motifs is 5. The molecule has 4 aliphatic rings. The minimum absolute atomic E-state index is 0.318. The third-order valence-electron chi connectivity index (χ3n) is 5.60. The quantitative estimate of drug-likeness (QED) is 0.773. The lowest BCUT2D eigenvalue weighted by Crippen LogP contribution is -2.29. The molecule has 3 fully saturated rings. The molecule has 5 atom stereocenters. The molecular weight excluding hydrogens is 198 g/mol. The highest BCUT2D eigenvalue weighted by molar-refractivity contribution is 5.23. The molecule has 4 rings (SSSR count). The van der Waals surface area contributed by atoms with Crippen molar-refractivity contribution >= 4 is 0 Å². The smallest absolute Gasteiger partial charge is 0.0876 e. The lowest BCUT2D eigenvalue weighted by Gasteiger charge is -2.22. The molecule has 1 heterocycles. The molecule has 0 spiro atoms. The van der Waals surface area contributed by atoms with Gasteiger partial charge in [0.25, 0.3) is 0 Å². The molecule has 3 saturated carbocycles. The Morgan fingerprint density at radius 1 is 1.25 bits per heavy atom. The van der Waals surface area contributed by atoms with Gasteiger partial charge in [-0.15, -0.1) is 0 Å². The van der Waals surface area contributed by atoms with Crippen molar-refractivity contribution in [2.75, 3.05) is 6.61 Å². The van der Waals surface area contributed by atoms with E-state index in [4.69, 9.17) is 10.5 Å². The van der Waals surface area contributed by atoms with Crippen LogP contribution >= 0.6 is 0 Å². The second-order valence-electron chi connectivity index (χ2n) is 6.26. The van der Waals surface area contributed by atoms with Gasteiger partial charge in [-0.2, -0.15) is 0 Å². The van der Waals surface area contributed by atoms with Crippen molar-refractivity contribution in [1.82, 2.24) is 0 Å². The van der Waals surface area contributed by atoms with Crippen molar-refractivity contribution < 1.29 is 4.74 Å². The van der Waals surface area contributed by atoms with E-state index in [9.17, 15) is 0 Å². The van der Waals surface area contributed by atoms with Crippen LogP contribution in [0, 0.1) is 29.6 Å². The normalized spacial score (nSPS) is 50.6. The first-order valence-electron chi connectivity index (χ1n) is 6.92. The zero-order chi connectivity index (χ0) is 10.7. The summed E-state index contributed by atoms with van der Waals surface area (Å²) in [6.45, 7) is 0.888. The van der Waals surface area contributed by atoms with E-state index in [1.54, 1.807) is 0 Å². The fourth-order valence-corrected chi connectivity index (χ4v) is 4.95. The van der Waals surface area contributed by atoms with Crippen molar-refractivity contribution in [3.63, 3.8) is 0 Å². The van der Waals surface area contributed by atoms with Crippen LogP contribution in [0.1, 0.15) is 32.1 Å². The summed E-state index contributed by atoms with van der Waals surface area (Å²) in [6.07, 6.45) is 8.80. The Labute approximate surface area is 97.2 Å². The van der Waals surface area contributed by atoms with E-state index in [-0.39, 0.29) is 0 Å². The van der Waals surface area contributed by atoms with Gasteiger partial charge in [-0.05, 0) is 67.3 Å². The van der Waals surface area contributed by atoms with Gasteiger partial charge in [0.2, 0.25) is 0 Å². The highest BCUT2D eigenvalue weighted by atomic mass is 16.5. The molecule has 0 aromatic heterocycles. The molecule has 88 valence electrons. The third kappa shape index (κ3) is 1.17. The lowest BCUT2D eigenvalue weighted by molar-refractivity contribution is 0.218. The molecule has 0 aromatic carbocycles. The van der Waals surface area contributed by atoms with Crippen molar-refractivity contribution in [1.29, 1.82) is 0 Å². The van der Waals surface area contributed by atoms with Gasteiger partial charge >= 0.3 is 0 Å². The first kappa shape index (κ1) is 9.52. The van der Waals surface area contributed by atoms with Crippen LogP contribution in [0.5, 0.6) is 0 Å². The SMILES string of the molecule is NC(C1=COCCC1)C1C2C3CCC(C3)C21. The summed E-state index contributed by atoms with van der Waals surface area (Å²) in [5.41, 5.74) is 7.84. The average Bonchev–Trinajstić information content (AvgIpc) is 2.77. The van der Waals surface area contributed by atoms with Crippen LogP contribution in [0.25, 0.3) is 0 Å². The van der Waals surface area contributed by atoms with E-state index >= 15 is 0 Å². The second-order valence-corrected chi connectivity index (χ2v) is 6.26. The fraction of sp³-hybridized carbons (Fsp3) is 0.857. The van der Waals surface area contributed by atoms with Crippen LogP contribution in [-0.4, -0.2) is 12.6 Å². The molecule has 0 saturated heterocycles. The molecule has 3 aliphatic carbocycles. The first-order valence-corrected chi connectivity index (χ1v) is 6.92. The summed E-state index contributed by atoms with van der Waals surface area (Å²) >= 11 is 0. The van der Waals surface area contributed by atoms with Crippen LogP contribution in [0.4, 0.5) is 0 Å². The molecule has 2 bridgehead atoms. The Morgan fingerprint density at radius 3 is 2.62 bits per heavy atom. The minimum atomic E-state index is 0.318. The Morgan fingerprint density at radius 2 is 2.00 bits per heavy atom. The molecule has 1 aliphatic heterocycles. The van der Waals surface area contributed by atoms with E-state index in [0.29, 0.717) is 6.04 Å². The van der Waals surface area contributed by atoms with Crippen molar-refractivity contribution in [3.8, 4) is 0 Å². The van der Waals surface area contributed by atoms with Crippen LogP contribution in [-0.2, 0) is 4.74 Å². The van der Waals surface area contributed by atoms with Gasteiger partial charge in [0.15, 0.2) is 0 Å². The summed E-state index contributed by atoms with van der Waals surface area (Å²) < 4.78 is 5.43. The van der Waals surface area contributed by atoms with Crippen molar-refractivity contribution in [2.24, 2.45) is 35.3 Å². The minimum Gasteiger partial charge on any atom is -0.501 e.